The number of carbonyl (C=O) groups excluding carboxylic acids is 1. The minimum atomic E-state index is 0.129. The maximum Gasteiger partial charge on any atom is 0.224 e. The van der Waals surface area contributed by atoms with Crippen LogP contribution in [0.15, 0.2) is 36.9 Å². The summed E-state index contributed by atoms with van der Waals surface area (Å²) in [6.07, 6.45) is 13.6. The maximum atomic E-state index is 11.5. The molecule has 4 heteroatoms. The van der Waals surface area contributed by atoms with Gasteiger partial charge in [0.2, 0.25) is 5.91 Å². The van der Waals surface area contributed by atoms with Crippen LogP contribution in [0, 0.1) is 0 Å². The molecule has 1 aliphatic heterocycles. The molecule has 0 saturated carbocycles. The number of hydrogen-bond donors (Lipinski definition) is 1. The van der Waals surface area contributed by atoms with Gasteiger partial charge in [-0.15, -0.1) is 0 Å². The van der Waals surface area contributed by atoms with Crippen molar-refractivity contribution < 1.29 is 4.79 Å². The van der Waals surface area contributed by atoms with Crippen molar-refractivity contribution in [2.75, 3.05) is 5.32 Å². The molecule has 1 atom stereocenters. The lowest BCUT2D eigenvalue weighted by molar-refractivity contribution is -0.116. The molecule has 3 rings (SSSR count). The second kappa shape index (κ2) is 8.13. The van der Waals surface area contributed by atoms with Crippen molar-refractivity contribution in [1.29, 1.82) is 0 Å². The monoisotopic (exact) mass is 325 g/mol. The molecule has 0 spiro atoms. The van der Waals surface area contributed by atoms with Crippen LogP contribution in [-0.2, 0) is 17.8 Å². The van der Waals surface area contributed by atoms with Gasteiger partial charge in [-0.2, -0.15) is 0 Å². The van der Waals surface area contributed by atoms with E-state index in [1.807, 2.05) is 18.7 Å². The summed E-state index contributed by atoms with van der Waals surface area (Å²) in [5.74, 6) is 0.628. The number of anilines is 1. The van der Waals surface area contributed by atoms with Crippen LogP contribution in [0.2, 0.25) is 0 Å². The van der Waals surface area contributed by atoms with Gasteiger partial charge in [0.15, 0.2) is 0 Å². The predicted octanol–water partition coefficient (Wildman–Crippen LogP) is 4.52. The largest absolute Gasteiger partial charge is 0.337 e. The second-order valence-electron chi connectivity index (χ2n) is 6.77. The van der Waals surface area contributed by atoms with Crippen molar-refractivity contribution >= 4 is 11.6 Å². The quantitative estimate of drug-likeness (QED) is 0.725. The van der Waals surface area contributed by atoms with Gasteiger partial charge in [0.05, 0.1) is 6.33 Å². The first-order valence-electron chi connectivity index (χ1n) is 9.14. The average molecular weight is 325 g/mol. The van der Waals surface area contributed by atoms with Gasteiger partial charge >= 0.3 is 0 Å². The third-order valence-electron chi connectivity index (χ3n) is 4.89. The van der Waals surface area contributed by atoms with Crippen molar-refractivity contribution in [3.05, 3.63) is 48.0 Å². The number of fused-ring (bicyclic) bond motifs is 1. The SMILES string of the molecule is CCCCCCC(Cn1ccnc1)c1ccc2c(c1)CCC(=O)N2. The minimum Gasteiger partial charge on any atom is -0.337 e. The van der Waals surface area contributed by atoms with E-state index in [0.29, 0.717) is 12.3 Å². The number of unbranched alkanes of at least 4 members (excludes halogenated alkanes) is 3. The van der Waals surface area contributed by atoms with Gasteiger partial charge in [0.1, 0.15) is 0 Å². The van der Waals surface area contributed by atoms with Crippen molar-refractivity contribution in [3.8, 4) is 0 Å². The zero-order valence-corrected chi connectivity index (χ0v) is 14.5. The summed E-state index contributed by atoms with van der Waals surface area (Å²) in [6.45, 7) is 3.22. The molecule has 24 heavy (non-hydrogen) atoms. The molecule has 0 radical (unpaired) electrons. The molecule has 2 heterocycles. The fourth-order valence-electron chi connectivity index (χ4n) is 3.49. The van der Waals surface area contributed by atoms with Gasteiger partial charge in [-0.1, -0.05) is 44.7 Å². The van der Waals surface area contributed by atoms with E-state index in [4.69, 9.17) is 0 Å². The Bertz CT molecular complexity index is 664. The van der Waals surface area contributed by atoms with E-state index in [-0.39, 0.29) is 5.91 Å². The summed E-state index contributed by atoms with van der Waals surface area (Å²) < 4.78 is 2.17. The number of imidazole rings is 1. The molecule has 2 aromatic rings. The molecular formula is C20H27N3O. The van der Waals surface area contributed by atoms with Crippen molar-refractivity contribution in [1.82, 2.24) is 9.55 Å². The highest BCUT2D eigenvalue weighted by Gasteiger charge is 2.18. The van der Waals surface area contributed by atoms with Crippen LogP contribution in [0.4, 0.5) is 5.69 Å². The highest BCUT2D eigenvalue weighted by Crippen LogP contribution is 2.30. The lowest BCUT2D eigenvalue weighted by Crippen LogP contribution is -2.19. The lowest BCUT2D eigenvalue weighted by Gasteiger charge is -2.22. The minimum absolute atomic E-state index is 0.129. The molecule has 1 aromatic carbocycles. The number of nitrogens with zero attached hydrogens (tertiary/aromatic N) is 2. The number of aromatic nitrogens is 2. The van der Waals surface area contributed by atoms with E-state index in [1.165, 1.54) is 43.2 Å². The summed E-state index contributed by atoms with van der Waals surface area (Å²) >= 11 is 0. The van der Waals surface area contributed by atoms with Gasteiger partial charge < -0.3 is 9.88 Å². The van der Waals surface area contributed by atoms with Gasteiger partial charge in [0.25, 0.3) is 0 Å². The Kier molecular flexibility index (Phi) is 5.68. The van der Waals surface area contributed by atoms with Gasteiger partial charge in [-0.25, -0.2) is 4.98 Å². The predicted molar refractivity (Wildman–Crippen MR) is 97.1 cm³/mol. The summed E-state index contributed by atoms with van der Waals surface area (Å²) in [7, 11) is 0. The number of amides is 1. The summed E-state index contributed by atoms with van der Waals surface area (Å²) in [5, 5.41) is 2.98. The molecule has 128 valence electrons. The van der Waals surface area contributed by atoms with Crippen molar-refractivity contribution in [3.63, 3.8) is 0 Å². The number of carbonyl (C=O) groups is 1. The second-order valence-corrected chi connectivity index (χ2v) is 6.77. The zero-order valence-electron chi connectivity index (χ0n) is 14.5. The van der Waals surface area contributed by atoms with Gasteiger partial charge in [-0.05, 0) is 30.0 Å². The van der Waals surface area contributed by atoms with E-state index in [2.05, 4.69) is 40.0 Å². The molecule has 0 aliphatic carbocycles. The average Bonchev–Trinajstić information content (AvgIpc) is 3.10. The molecule has 0 fully saturated rings. The van der Waals surface area contributed by atoms with Gasteiger partial charge in [0, 0.05) is 37.0 Å². The number of benzene rings is 1. The van der Waals surface area contributed by atoms with E-state index in [1.54, 1.807) is 0 Å². The van der Waals surface area contributed by atoms with E-state index in [0.717, 1.165) is 18.7 Å². The van der Waals surface area contributed by atoms with Crippen LogP contribution in [0.25, 0.3) is 0 Å². The Hall–Kier alpha value is -2.10. The Morgan fingerprint density at radius 3 is 2.96 bits per heavy atom. The molecule has 1 amide bonds. The summed E-state index contributed by atoms with van der Waals surface area (Å²) in [5.41, 5.74) is 3.65. The van der Waals surface area contributed by atoms with Crippen LogP contribution in [0.5, 0.6) is 0 Å². The Morgan fingerprint density at radius 2 is 2.17 bits per heavy atom. The Labute approximate surface area is 144 Å². The first-order valence-corrected chi connectivity index (χ1v) is 9.14. The summed E-state index contributed by atoms with van der Waals surface area (Å²) in [6, 6.07) is 6.57. The highest BCUT2D eigenvalue weighted by molar-refractivity contribution is 5.93. The molecule has 0 saturated heterocycles. The Morgan fingerprint density at radius 1 is 1.25 bits per heavy atom. The van der Waals surface area contributed by atoms with E-state index < -0.39 is 0 Å². The van der Waals surface area contributed by atoms with Crippen LogP contribution >= 0.6 is 0 Å². The van der Waals surface area contributed by atoms with Crippen molar-refractivity contribution in [2.24, 2.45) is 0 Å². The van der Waals surface area contributed by atoms with E-state index >= 15 is 0 Å². The third-order valence-corrected chi connectivity index (χ3v) is 4.89. The number of nitrogens with one attached hydrogen (secondary N) is 1. The topological polar surface area (TPSA) is 46.9 Å². The van der Waals surface area contributed by atoms with Gasteiger partial charge in [-0.3, -0.25) is 4.79 Å². The number of aryl methyl sites for hydroxylation is 1. The van der Waals surface area contributed by atoms with Crippen LogP contribution < -0.4 is 5.32 Å². The molecular weight excluding hydrogens is 298 g/mol. The molecule has 1 N–H and O–H groups in total. The molecule has 1 unspecified atom stereocenters. The fraction of sp³-hybridized carbons (Fsp3) is 0.500. The Balaban J connectivity index is 1.75. The molecule has 1 aromatic heterocycles. The van der Waals surface area contributed by atoms with Crippen molar-refractivity contribution in [2.45, 2.75) is 64.3 Å². The highest BCUT2D eigenvalue weighted by atomic mass is 16.1. The zero-order chi connectivity index (χ0) is 16.8. The van der Waals surface area contributed by atoms with Crippen LogP contribution in [0.3, 0.4) is 0 Å². The maximum absolute atomic E-state index is 11.5. The third kappa shape index (κ3) is 4.25. The lowest BCUT2D eigenvalue weighted by atomic mass is 9.89. The number of hydrogen-bond acceptors (Lipinski definition) is 2. The van der Waals surface area contributed by atoms with Crippen LogP contribution in [-0.4, -0.2) is 15.5 Å². The normalized spacial score (nSPS) is 15.0. The summed E-state index contributed by atoms with van der Waals surface area (Å²) in [4.78, 5) is 15.7. The first-order chi connectivity index (χ1) is 11.8. The molecule has 1 aliphatic rings. The van der Waals surface area contributed by atoms with E-state index in [9.17, 15) is 4.79 Å². The molecule has 0 bridgehead atoms. The first kappa shape index (κ1) is 16.7. The smallest absolute Gasteiger partial charge is 0.224 e. The van der Waals surface area contributed by atoms with Crippen LogP contribution in [0.1, 0.15) is 62.5 Å². The standard InChI is InChI=1S/C20H27N3O/c1-2-3-4-5-6-18(14-23-12-11-21-15-23)16-7-9-19-17(13-16)8-10-20(24)22-19/h7,9,11-13,15,18H,2-6,8,10,14H2,1H3,(H,22,24). The molecule has 4 nitrogen and oxygen atoms in total. The number of rotatable bonds is 8. The fourth-order valence-corrected chi connectivity index (χ4v) is 3.49.